The monoisotopic (exact) mass is 184 g/mol. The van der Waals surface area contributed by atoms with Crippen LogP contribution in [0.1, 0.15) is 26.7 Å². The van der Waals surface area contributed by atoms with Gasteiger partial charge >= 0.3 is 0 Å². The topological polar surface area (TPSA) is 41.1 Å². The van der Waals surface area contributed by atoms with Crippen molar-refractivity contribution in [1.82, 2.24) is 10.6 Å². The molecule has 2 N–H and O–H groups in total. The highest BCUT2D eigenvalue weighted by Crippen LogP contribution is 1.90. The summed E-state index contributed by atoms with van der Waals surface area (Å²) in [5.41, 5.74) is 0. The van der Waals surface area contributed by atoms with Crippen LogP contribution in [0.3, 0.4) is 0 Å². The Morgan fingerprint density at radius 2 is 2.31 bits per heavy atom. The highest BCUT2D eigenvalue weighted by Gasteiger charge is 2.01. The summed E-state index contributed by atoms with van der Waals surface area (Å²) >= 11 is 0. The Bertz CT molecular complexity index is 157. The van der Waals surface area contributed by atoms with Gasteiger partial charge in [0.05, 0.1) is 0 Å². The molecule has 1 amide bonds. The van der Waals surface area contributed by atoms with E-state index in [2.05, 4.69) is 24.1 Å². The van der Waals surface area contributed by atoms with Crippen LogP contribution in [0.2, 0.25) is 0 Å². The first-order chi connectivity index (χ1) is 6.20. The first kappa shape index (κ1) is 12.2. The second kappa shape index (κ2) is 7.80. The summed E-state index contributed by atoms with van der Waals surface area (Å²) in [6.07, 6.45) is 3.37. The lowest BCUT2D eigenvalue weighted by atomic mass is 10.2. The summed E-state index contributed by atoms with van der Waals surface area (Å²) in [5.74, 6) is 0.112. The number of amides is 1. The molecule has 0 saturated carbocycles. The average Bonchev–Trinajstić information content (AvgIpc) is 2.05. The molecule has 0 aromatic rings. The van der Waals surface area contributed by atoms with Crippen molar-refractivity contribution < 1.29 is 4.79 Å². The van der Waals surface area contributed by atoms with Gasteiger partial charge in [-0.05, 0) is 20.3 Å². The molecule has 0 aliphatic rings. The van der Waals surface area contributed by atoms with Crippen molar-refractivity contribution in [2.45, 2.75) is 32.7 Å². The van der Waals surface area contributed by atoms with Crippen LogP contribution >= 0.6 is 0 Å². The third kappa shape index (κ3) is 7.53. The van der Waals surface area contributed by atoms with Crippen LogP contribution < -0.4 is 10.6 Å². The van der Waals surface area contributed by atoms with Gasteiger partial charge in [0, 0.05) is 25.6 Å². The zero-order valence-corrected chi connectivity index (χ0v) is 8.60. The third-order valence-electron chi connectivity index (χ3n) is 1.74. The SMILES string of the molecule is C=CCC(C)NCCC(=O)NCC. The van der Waals surface area contributed by atoms with Gasteiger partial charge in [0.1, 0.15) is 0 Å². The predicted molar refractivity (Wildman–Crippen MR) is 55.6 cm³/mol. The van der Waals surface area contributed by atoms with Crippen molar-refractivity contribution in [1.29, 1.82) is 0 Å². The Morgan fingerprint density at radius 1 is 1.62 bits per heavy atom. The number of hydrogen-bond acceptors (Lipinski definition) is 2. The van der Waals surface area contributed by atoms with E-state index in [0.717, 1.165) is 13.0 Å². The molecule has 0 aliphatic heterocycles. The second-order valence-electron chi connectivity index (χ2n) is 3.08. The Kier molecular flexibility index (Phi) is 7.30. The minimum Gasteiger partial charge on any atom is -0.356 e. The standard InChI is InChI=1S/C10H20N2O/c1-4-6-9(3)12-8-7-10(13)11-5-2/h4,9,12H,1,5-8H2,2-3H3,(H,11,13). The van der Waals surface area contributed by atoms with Gasteiger partial charge < -0.3 is 10.6 Å². The highest BCUT2D eigenvalue weighted by atomic mass is 16.1. The minimum absolute atomic E-state index is 0.112. The van der Waals surface area contributed by atoms with Crippen LogP contribution in [0.5, 0.6) is 0 Å². The van der Waals surface area contributed by atoms with Gasteiger partial charge in [0.25, 0.3) is 0 Å². The van der Waals surface area contributed by atoms with Crippen molar-refractivity contribution in [2.75, 3.05) is 13.1 Å². The molecule has 0 spiro atoms. The van der Waals surface area contributed by atoms with E-state index in [-0.39, 0.29) is 5.91 Å². The maximum atomic E-state index is 11.0. The van der Waals surface area contributed by atoms with Crippen LogP contribution in [0.15, 0.2) is 12.7 Å². The number of carbonyl (C=O) groups is 1. The minimum atomic E-state index is 0.112. The summed E-state index contributed by atoms with van der Waals surface area (Å²) < 4.78 is 0. The summed E-state index contributed by atoms with van der Waals surface area (Å²) in [4.78, 5) is 11.0. The molecule has 0 radical (unpaired) electrons. The average molecular weight is 184 g/mol. The molecule has 1 atom stereocenters. The Morgan fingerprint density at radius 3 is 2.85 bits per heavy atom. The molecule has 0 bridgehead atoms. The Balaban J connectivity index is 3.33. The molecule has 1 unspecified atom stereocenters. The molecule has 0 saturated heterocycles. The van der Waals surface area contributed by atoms with Crippen molar-refractivity contribution in [3.05, 3.63) is 12.7 Å². The molecule has 0 rings (SSSR count). The van der Waals surface area contributed by atoms with Crippen LogP contribution in [0.25, 0.3) is 0 Å². The highest BCUT2D eigenvalue weighted by molar-refractivity contribution is 5.75. The quantitative estimate of drug-likeness (QED) is 0.581. The molecule has 13 heavy (non-hydrogen) atoms. The first-order valence-corrected chi connectivity index (χ1v) is 4.81. The fraction of sp³-hybridized carbons (Fsp3) is 0.700. The molecule has 3 nitrogen and oxygen atoms in total. The van der Waals surface area contributed by atoms with E-state index >= 15 is 0 Å². The summed E-state index contributed by atoms with van der Waals surface area (Å²) in [6.45, 7) is 9.11. The number of carbonyl (C=O) groups excluding carboxylic acids is 1. The van der Waals surface area contributed by atoms with Gasteiger partial charge in [-0.3, -0.25) is 4.79 Å². The fourth-order valence-electron chi connectivity index (χ4n) is 1.05. The normalized spacial score (nSPS) is 12.2. The van der Waals surface area contributed by atoms with Crippen molar-refractivity contribution in [3.8, 4) is 0 Å². The van der Waals surface area contributed by atoms with Crippen molar-refractivity contribution >= 4 is 5.91 Å². The molecule has 0 heterocycles. The van der Waals surface area contributed by atoms with Crippen LogP contribution in [0, 0.1) is 0 Å². The van der Waals surface area contributed by atoms with Crippen LogP contribution in [0.4, 0.5) is 0 Å². The first-order valence-electron chi connectivity index (χ1n) is 4.81. The van der Waals surface area contributed by atoms with E-state index in [9.17, 15) is 4.79 Å². The van der Waals surface area contributed by atoms with Crippen molar-refractivity contribution in [3.63, 3.8) is 0 Å². The molecule has 0 aromatic carbocycles. The van der Waals surface area contributed by atoms with E-state index in [0.29, 0.717) is 19.0 Å². The van der Waals surface area contributed by atoms with Gasteiger partial charge in [-0.1, -0.05) is 6.08 Å². The zero-order chi connectivity index (χ0) is 10.1. The summed E-state index contributed by atoms with van der Waals surface area (Å²) in [7, 11) is 0. The molecule has 0 aromatic heterocycles. The lowest BCUT2D eigenvalue weighted by Crippen LogP contribution is -2.31. The maximum Gasteiger partial charge on any atom is 0.221 e. The number of nitrogens with one attached hydrogen (secondary N) is 2. The van der Waals surface area contributed by atoms with Crippen molar-refractivity contribution in [2.24, 2.45) is 0 Å². The van der Waals surface area contributed by atoms with E-state index in [1.165, 1.54) is 0 Å². The van der Waals surface area contributed by atoms with Gasteiger partial charge in [-0.15, -0.1) is 6.58 Å². The van der Waals surface area contributed by atoms with Crippen LogP contribution in [-0.4, -0.2) is 25.0 Å². The van der Waals surface area contributed by atoms with Gasteiger partial charge in [0.2, 0.25) is 5.91 Å². The van der Waals surface area contributed by atoms with Gasteiger partial charge in [-0.2, -0.15) is 0 Å². The second-order valence-corrected chi connectivity index (χ2v) is 3.08. The van der Waals surface area contributed by atoms with Gasteiger partial charge in [0.15, 0.2) is 0 Å². The fourth-order valence-corrected chi connectivity index (χ4v) is 1.05. The smallest absolute Gasteiger partial charge is 0.221 e. The van der Waals surface area contributed by atoms with E-state index in [1.54, 1.807) is 0 Å². The van der Waals surface area contributed by atoms with E-state index < -0.39 is 0 Å². The summed E-state index contributed by atoms with van der Waals surface area (Å²) in [6, 6.07) is 0.409. The predicted octanol–water partition coefficient (Wildman–Crippen LogP) is 1.07. The molecule has 3 heteroatoms. The number of hydrogen-bond donors (Lipinski definition) is 2. The lowest BCUT2D eigenvalue weighted by Gasteiger charge is -2.10. The molecule has 0 fully saturated rings. The van der Waals surface area contributed by atoms with E-state index in [4.69, 9.17) is 0 Å². The van der Waals surface area contributed by atoms with E-state index in [1.807, 2.05) is 13.0 Å². The molecular weight excluding hydrogens is 164 g/mol. The Labute approximate surface area is 80.6 Å². The lowest BCUT2D eigenvalue weighted by molar-refractivity contribution is -0.120. The summed E-state index contributed by atoms with van der Waals surface area (Å²) in [5, 5.41) is 5.99. The number of rotatable bonds is 7. The van der Waals surface area contributed by atoms with Crippen LogP contribution in [-0.2, 0) is 4.79 Å². The molecule has 76 valence electrons. The molecule has 0 aliphatic carbocycles. The van der Waals surface area contributed by atoms with Gasteiger partial charge in [-0.25, -0.2) is 0 Å². The third-order valence-corrected chi connectivity index (χ3v) is 1.74. The molecular formula is C10H20N2O. The zero-order valence-electron chi connectivity index (χ0n) is 8.60. The largest absolute Gasteiger partial charge is 0.356 e. The maximum absolute atomic E-state index is 11.0. The Hall–Kier alpha value is -0.830.